The second-order valence-electron chi connectivity index (χ2n) is 7.96. The van der Waals surface area contributed by atoms with E-state index in [1.807, 2.05) is 37.3 Å². The van der Waals surface area contributed by atoms with Crippen molar-refractivity contribution in [3.05, 3.63) is 64.4 Å². The summed E-state index contributed by atoms with van der Waals surface area (Å²) in [6.07, 6.45) is -0.337. The van der Waals surface area contributed by atoms with Crippen molar-refractivity contribution in [2.75, 3.05) is 18.5 Å². The molecule has 1 aliphatic heterocycles. The number of rotatable bonds is 8. The molecule has 2 aromatic carbocycles. The predicted molar refractivity (Wildman–Crippen MR) is 128 cm³/mol. The van der Waals surface area contributed by atoms with Crippen molar-refractivity contribution in [2.24, 2.45) is 11.7 Å². The highest BCUT2D eigenvalue weighted by atomic mass is 35.5. The van der Waals surface area contributed by atoms with E-state index in [2.05, 4.69) is 5.32 Å². The molecule has 0 aliphatic carbocycles. The van der Waals surface area contributed by atoms with E-state index in [9.17, 15) is 9.59 Å². The molecule has 34 heavy (non-hydrogen) atoms. The van der Waals surface area contributed by atoms with Gasteiger partial charge in [-0.05, 0) is 49.7 Å². The lowest BCUT2D eigenvalue weighted by Gasteiger charge is -2.45. The number of nitrogens with two attached hydrogens (primary N) is 2. The fourth-order valence-electron chi connectivity index (χ4n) is 4.08. The molecule has 4 amide bonds. The molecule has 2 heterocycles. The monoisotopic (exact) mass is 486 g/mol. The smallest absolute Gasteiger partial charge is 0.345 e. The van der Waals surface area contributed by atoms with Gasteiger partial charge >= 0.3 is 12.1 Å². The molecule has 0 spiro atoms. The molecule has 180 valence electrons. The lowest BCUT2D eigenvalue weighted by Crippen LogP contribution is -2.70. The van der Waals surface area contributed by atoms with Crippen molar-refractivity contribution in [2.45, 2.75) is 33.1 Å². The number of anilines is 1. The van der Waals surface area contributed by atoms with Crippen LogP contribution in [0.25, 0.3) is 11.0 Å². The summed E-state index contributed by atoms with van der Waals surface area (Å²) in [6.45, 7) is 4.36. The number of carbonyl (C=O) groups is 2. The van der Waals surface area contributed by atoms with E-state index in [4.69, 9.17) is 32.6 Å². The summed E-state index contributed by atoms with van der Waals surface area (Å²) < 4.78 is 5.84. The van der Waals surface area contributed by atoms with Gasteiger partial charge in [0.25, 0.3) is 0 Å². The summed E-state index contributed by atoms with van der Waals surface area (Å²) in [5.41, 5.74) is 3.19. The van der Waals surface area contributed by atoms with Gasteiger partial charge in [0.1, 0.15) is 11.3 Å². The molecule has 1 aliphatic rings. The number of furan rings is 1. The van der Waals surface area contributed by atoms with Gasteiger partial charge in [-0.1, -0.05) is 23.7 Å². The third-order valence-corrected chi connectivity index (χ3v) is 6.08. The zero-order valence-electron chi connectivity index (χ0n) is 19.0. The number of hydrazine groups is 1. The van der Waals surface area contributed by atoms with Crippen molar-refractivity contribution in [1.82, 2.24) is 14.8 Å². The maximum absolute atomic E-state index is 13.2. The number of halogens is 1. The topological polar surface area (TPSA) is 130 Å². The largest absolute Gasteiger partial charge is 0.461 e. The SMILES string of the molecule is CCN1C(=O)N(N)C(Nc2ccc3oc(C)c(CCON)c3c2)N(Cc2ccc(Cl)cc2)C1=O. The van der Waals surface area contributed by atoms with E-state index in [0.717, 1.165) is 32.2 Å². The molecule has 4 rings (SSSR count). The van der Waals surface area contributed by atoms with E-state index < -0.39 is 18.4 Å². The van der Waals surface area contributed by atoms with Crippen molar-refractivity contribution >= 4 is 40.3 Å². The molecule has 0 saturated carbocycles. The molecule has 1 unspecified atom stereocenters. The number of benzene rings is 2. The number of hydrogen-bond donors (Lipinski definition) is 3. The van der Waals surface area contributed by atoms with Gasteiger partial charge in [-0.15, -0.1) is 0 Å². The van der Waals surface area contributed by atoms with Gasteiger partial charge in [0, 0.05) is 34.6 Å². The number of amides is 4. The Bertz CT molecular complexity index is 1200. The van der Waals surface area contributed by atoms with Crippen LogP contribution in [0.1, 0.15) is 23.8 Å². The van der Waals surface area contributed by atoms with Crippen LogP contribution in [-0.2, 0) is 17.8 Å². The van der Waals surface area contributed by atoms with Crippen LogP contribution in [0.2, 0.25) is 5.02 Å². The van der Waals surface area contributed by atoms with Crippen LogP contribution in [0.15, 0.2) is 46.9 Å². The summed E-state index contributed by atoms with van der Waals surface area (Å²) in [4.78, 5) is 33.3. The van der Waals surface area contributed by atoms with Crippen molar-refractivity contribution in [3.63, 3.8) is 0 Å². The molecule has 1 saturated heterocycles. The molecule has 1 fully saturated rings. The molecular formula is C23H27ClN6O4. The lowest BCUT2D eigenvalue weighted by molar-refractivity contribution is 0.0390. The Labute approximate surface area is 201 Å². The molecule has 3 aromatic rings. The Morgan fingerprint density at radius 3 is 2.56 bits per heavy atom. The molecular weight excluding hydrogens is 460 g/mol. The Balaban J connectivity index is 1.67. The molecule has 1 aromatic heterocycles. The summed E-state index contributed by atoms with van der Waals surface area (Å²) in [5.74, 6) is 12.2. The first-order chi connectivity index (χ1) is 16.3. The first-order valence-corrected chi connectivity index (χ1v) is 11.2. The van der Waals surface area contributed by atoms with Crippen molar-refractivity contribution in [3.8, 4) is 0 Å². The first kappa shape index (κ1) is 23.8. The van der Waals surface area contributed by atoms with Crippen LogP contribution >= 0.6 is 11.6 Å². The van der Waals surface area contributed by atoms with E-state index in [-0.39, 0.29) is 13.1 Å². The Hall–Kier alpha value is -3.31. The van der Waals surface area contributed by atoms with Gasteiger partial charge < -0.3 is 14.6 Å². The third-order valence-electron chi connectivity index (χ3n) is 5.83. The zero-order chi connectivity index (χ0) is 24.4. The summed E-state index contributed by atoms with van der Waals surface area (Å²) in [5, 5.41) is 5.74. The number of aryl methyl sites for hydroxylation is 1. The quantitative estimate of drug-likeness (QED) is 0.251. The number of carbonyl (C=O) groups excluding carboxylic acids is 2. The number of urea groups is 2. The summed E-state index contributed by atoms with van der Waals surface area (Å²) in [6, 6.07) is 11.7. The number of fused-ring (bicyclic) bond motifs is 1. The molecule has 1 atom stereocenters. The van der Waals surface area contributed by atoms with E-state index in [1.165, 1.54) is 4.90 Å². The van der Waals surface area contributed by atoms with Crippen molar-refractivity contribution in [1.29, 1.82) is 0 Å². The van der Waals surface area contributed by atoms with E-state index in [1.54, 1.807) is 19.1 Å². The predicted octanol–water partition coefficient (Wildman–Crippen LogP) is 3.78. The minimum atomic E-state index is -0.917. The normalized spacial score (nSPS) is 16.6. The maximum atomic E-state index is 13.2. The molecule has 5 N–H and O–H groups in total. The van der Waals surface area contributed by atoms with Gasteiger partial charge in [0.2, 0.25) is 6.29 Å². The van der Waals surface area contributed by atoms with E-state index >= 15 is 0 Å². The Morgan fingerprint density at radius 1 is 1.15 bits per heavy atom. The number of hydrogen-bond acceptors (Lipinski definition) is 7. The standard InChI is InChI=1S/C23H27ClN6O4/c1-3-28-22(31)29(13-15-4-6-16(24)7-5-15)21(30(25)23(28)32)27-17-8-9-20-19(12-17)18(10-11-33-26)14(2)34-20/h4-9,12,21,27H,3,10-11,13,25-26H2,1-2H3. The van der Waals surface area contributed by atoms with Gasteiger partial charge in [-0.2, -0.15) is 0 Å². The van der Waals surface area contributed by atoms with Crippen LogP contribution in [0.5, 0.6) is 0 Å². The summed E-state index contributed by atoms with van der Waals surface area (Å²) in [7, 11) is 0. The number of nitrogens with zero attached hydrogens (tertiary/aromatic N) is 3. The Morgan fingerprint density at radius 2 is 1.88 bits per heavy atom. The highest BCUT2D eigenvalue weighted by Crippen LogP contribution is 2.30. The van der Waals surface area contributed by atoms with Gasteiger partial charge in [-0.25, -0.2) is 31.2 Å². The second kappa shape index (κ2) is 9.90. The Kier molecular flexibility index (Phi) is 6.94. The van der Waals surface area contributed by atoms with E-state index in [0.29, 0.717) is 29.3 Å². The maximum Gasteiger partial charge on any atom is 0.345 e. The highest BCUT2D eigenvalue weighted by Gasteiger charge is 2.42. The van der Waals surface area contributed by atoms with Crippen LogP contribution in [0.3, 0.4) is 0 Å². The second-order valence-corrected chi connectivity index (χ2v) is 8.39. The minimum absolute atomic E-state index is 0.196. The van der Waals surface area contributed by atoms with Gasteiger partial charge in [0.15, 0.2) is 0 Å². The average molecular weight is 487 g/mol. The fourth-order valence-corrected chi connectivity index (χ4v) is 4.20. The lowest BCUT2D eigenvalue weighted by atomic mass is 10.1. The molecule has 0 radical (unpaired) electrons. The van der Waals surface area contributed by atoms with Crippen LogP contribution < -0.4 is 17.1 Å². The molecule has 10 nitrogen and oxygen atoms in total. The van der Waals surface area contributed by atoms with Crippen LogP contribution in [0.4, 0.5) is 15.3 Å². The minimum Gasteiger partial charge on any atom is -0.461 e. The van der Waals surface area contributed by atoms with Gasteiger partial charge in [0.05, 0.1) is 13.2 Å². The summed E-state index contributed by atoms with van der Waals surface area (Å²) >= 11 is 6.00. The van der Waals surface area contributed by atoms with Crippen LogP contribution in [-0.4, -0.2) is 46.3 Å². The first-order valence-electron chi connectivity index (χ1n) is 10.8. The van der Waals surface area contributed by atoms with Crippen molar-refractivity contribution < 1.29 is 18.8 Å². The molecule has 11 heteroatoms. The van der Waals surface area contributed by atoms with Gasteiger partial charge in [-0.3, -0.25) is 4.90 Å². The van der Waals surface area contributed by atoms with Crippen LogP contribution in [0, 0.1) is 6.92 Å². The zero-order valence-corrected chi connectivity index (χ0v) is 19.7. The molecule has 0 bridgehead atoms. The number of imide groups is 1. The fraction of sp³-hybridized carbons (Fsp3) is 0.304. The highest BCUT2D eigenvalue weighted by molar-refractivity contribution is 6.30. The third kappa shape index (κ3) is 4.53. The number of nitrogens with one attached hydrogen (secondary N) is 1. The average Bonchev–Trinajstić information content (AvgIpc) is 3.14.